The highest BCUT2D eigenvalue weighted by Gasteiger charge is 2.20. The summed E-state index contributed by atoms with van der Waals surface area (Å²) < 4.78 is 39.3. The maximum atomic E-state index is 13.1. The molecule has 1 saturated carbocycles. The van der Waals surface area contributed by atoms with Crippen molar-refractivity contribution in [3.8, 4) is 6.07 Å². The highest BCUT2D eigenvalue weighted by atomic mass is 32.2. The molecule has 1 aromatic rings. The van der Waals surface area contributed by atoms with Gasteiger partial charge in [-0.1, -0.05) is 0 Å². The first-order valence-electron chi connectivity index (χ1n) is 5.95. The van der Waals surface area contributed by atoms with E-state index in [1.54, 1.807) is 6.07 Å². The van der Waals surface area contributed by atoms with Gasteiger partial charge >= 0.3 is 0 Å². The van der Waals surface area contributed by atoms with Crippen LogP contribution in [0.15, 0.2) is 23.1 Å². The summed E-state index contributed by atoms with van der Waals surface area (Å²) in [7, 11) is -3.69. The summed E-state index contributed by atoms with van der Waals surface area (Å²) in [6, 6.07) is 5.29. The fourth-order valence-electron chi connectivity index (χ4n) is 1.59. The average Bonchev–Trinajstić information content (AvgIpc) is 3.19. The largest absolute Gasteiger partial charge is 0.313 e. The maximum Gasteiger partial charge on any atom is 0.240 e. The molecule has 0 saturated heterocycles. The number of benzene rings is 1. The van der Waals surface area contributed by atoms with Crippen LogP contribution in [0, 0.1) is 17.1 Å². The van der Waals surface area contributed by atoms with Gasteiger partial charge in [-0.15, -0.1) is 0 Å². The Morgan fingerprint density at radius 1 is 1.37 bits per heavy atom. The van der Waals surface area contributed by atoms with E-state index in [0.29, 0.717) is 12.6 Å². The molecule has 1 aliphatic carbocycles. The first-order valence-corrected chi connectivity index (χ1v) is 7.44. The summed E-state index contributed by atoms with van der Waals surface area (Å²) in [6.07, 6.45) is 2.27. The predicted molar refractivity (Wildman–Crippen MR) is 67.3 cm³/mol. The zero-order valence-electron chi connectivity index (χ0n) is 10.2. The third-order valence-electron chi connectivity index (χ3n) is 2.80. The molecule has 0 atom stereocenters. The van der Waals surface area contributed by atoms with E-state index < -0.39 is 15.8 Å². The molecule has 0 unspecified atom stereocenters. The molecule has 0 heterocycles. The fourth-order valence-corrected chi connectivity index (χ4v) is 2.65. The van der Waals surface area contributed by atoms with Crippen LogP contribution in [0.3, 0.4) is 0 Å². The molecular formula is C12H14FN3O2S. The van der Waals surface area contributed by atoms with Crippen LogP contribution in [-0.4, -0.2) is 27.5 Å². The number of nitriles is 1. The van der Waals surface area contributed by atoms with Gasteiger partial charge in [-0.2, -0.15) is 5.26 Å². The van der Waals surface area contributed by atoms with E-state index in [4.69, 9.17) is 5.26 Å². The Labute approximate surface area is 111 Å². The lowest BCUT2D eigenvalue weighted by Crippen LogP contribution is -2.32. The quantitative estimate of drug-likeness (QED) is 0.754. The lowest BCUT2D eigenvalue weighted by molar-refractivity contribution is 0.574. The van der Waals surface area contributed by atoms with Crippen LogP contribution >= 0.6 is 0 Å². The van der Waals surface area contributed by atoms with E-state index in [1.165, 1.54) is 0 Å². The van der Waals surface area contributed by atoms with Gasteiger partial charge in [-0.25, -0.2) is 17.5 Å². The van der Waals surface area contributed by atoms with E-state index >= 15 is 0 Å². The Balaban J connectivity index is 1.99. The Morgan fingerprint density at radius 3 is 2.74 bits per heavy atom. The van der Waals surface area contributed by atoms with Gasteiger partial charge in [0.2, 0.25) is 10.0 Å². The van der Waals surface area contributed by atoms with E-state index in [2.05, 4.69) is 10.0 Å². The second-order valence-corrected chi connectivity index (χ2v) is 6.15. The Kier molecular flexibility index (Phi) is 4.14. The molecule has 1 aromatic carbocycles. The zero-order valence-corrected chi connectivity index (χ0v) is 11.0. The molecule has 0 bridgehead atoms. The van der Waals surface area contributed by atoms with Crippen molar-refractivity contribution >= 4 is 10.0 Å². The number of nitrogens with one attached hydrogen (secondary N) is 2. The molecule has 7 heteroatoms. The van der Waals surface area contributed by atoms with Gasteiger partial charge in [-0.3, -0.25) is 0 Å². The van der Waals surface area contributed by atoms with Gasteiger partial charge in [0, 0.05) is 19.1 Å². The molecule has 0 amide bonds. The topological polar surface area (TPSA) is 82.0 Å². The minimum atomic E-state index is -3.69. The highest BCUT2D eigenvalue weighted by Crippen LogP contribution is 2.18. The molecule has 0 aromatic heterocycles. The molecule has 1 fully saturated rings. The summed E-state index contributed by atoms with van der Waals surface area (Å²) in [5.41, 5.74) is -0.279. The van der Waals surface area contributed by atoms with Crippen LogP contribution in [0.2, 0.25) is 0 Å². The minimum absolute atomic E-state index is 0.100. The predicted octanol–water partition coefficient (Wildman–Crippen LogP) is 0.728. The molecular weight excluding hydrogens is 269 g/mol. The molecule has 0 radical (unpaired) electrons. The Bertz CT molecular complexity index is 606. The number of nitrogens with zero attached hydrogens (tertiary/aromatic N) is 1. The smallest absolute Gasteiger partial charge is 0.240 e. The number of hydrogen-bond acceptors (Lipinski definition) is 4. The number of hydrogen-bond donors (Lipinski definition) is 2. The van der Waals surface area contributed by atoms with Gasteiger partial charge < -0.3 is 5.32 Å². The van der Waals surface area contributed by atoms with E-state index in [9.17, 15) is 12.8 Å². The lowest BCUT2D eigenvalue weighted by Gasteiger charge is -2.07. The zero-order chi connectivity index (χ0) is 13.9. The fraction of sp³-hybridized carbons (Fsp3) is 0.417. The van der Waals surface area contributed by atoms with Crippen molar-refractivity contribution in [2.45, 2.75) is 23.8 Å². The first kappa shape index (κ1) is 13.9. The van der Waals surface area contributed by atoms with Gasteiger partial charge in [0.15, 0.2) is 0 Å². The van der Waals surface area contributed by atoms with Crippen molar-refractivity contribution < 1.29 is 12.8 Å². The van der Waals surface area contributed by atoms with E-state index in [1.807, 2.05) is 0 Å². The van der Waals surface area contributed by atoms with Crippen molar-refractivity contribution in [1.29, 1.82) is 5.26 Å². The normalized spacial score (nSPS) is 15.2. The van der Waals surface area contributed by atoms with E-state index in [0.717, 1.165) is 31.0 Å². The standard InChI is InChI=1S/C12H14FN3O2S/c13-12-4-3-11(7-9(12)8-14)19(17,18)16-6-5-15-10-1-2-10/h3-4,7,10,15-16H,1-2,5-6H2. The van der Waals surface area contributed by atoms with Crippen LogP contribution in [0.25, 0.3) is 0 Å². The van der Waals surface area contributed by atoms with Gasteiger partial charge in [0.1, 0.15) is 11.9 Å². The molecule has 1 aliphatic rings. The maximum absolute atomic E-state index is 13.1. The van der Waals surface area contributed by atoms with Gasteiger partial charge in [0.25, 0.3) is 0 Å². The average molecular weight is 283 g/mol. The van der Waals surface area contributed by atoms with Crippen molar-refractivity contribution in [2.24, 2.45) is 0 Å². The molecule has 102 valence electrons. The molecule has 2 N–H and O–H groups in total. The van der Waals surface area contributed by atoms with Crippen LogP contribution in [-0.2, 0) is 10.0 Å². The molecule has 0 aliphatic heterocycles. The Hall–Kier alpha value is -1.49. The third-order valence-corrected chi connectivity index (χ3v) is 4.25. The minimum Gasteiger partial charge on any atom is -0.313 e. The van der Waals surface area contributed by atoms with Crippen molar-refractivity contribution in [3.63, 3.8) is 0 Å². The summed E-state index contributed by atoms with van der Waals surface area (Å²) in [5, 5.41) is 11.8. The highest BCUT2D eigenvalue weighted by molar-refractivity contribution is 7.89. The van der Waals surface area contributed by atoms with Gasteiger partial charge in [-0.05, 0) is 31.0 Å². The first-order chi connectivity index (χ1) is 9.03. The van der Waals surface area contributed by atoms with Crippen LogP contribution in [0.1, 0.15) is 18.4 Å². The third kappa shape index (κ3) is 3.73. The van der Waals surface area contributed by atoms with Crippen molar-refractivity contribution in [1.82, 2.24) is 10.0 Å². The van der Waals surface area contributed by atoms with Gasteiger partial charge in [0.05, 0.1) is 10.5 Å². The second kappa shape index (κ2) is 5.65. The molecule has 5 nitrogen and oxygen atoms in total. The summed E-state index contributed by atoms with van der Waals surface area (Å²) >= 11 is 0. The number of halogens is 1. The molecule has 2 rings (SSSR count). The lowest BCUT2D eigenvalue weighted by atomic mass is 10.2. The summed E-state index contributed by atoms with van der Waals surface area (Å²) in [5.74, 6) is -0.725. The SMILES string of the molecule is N#Cc1cc(S(=O)(=O)NCCNC2CC2)ccc1F. The van der Waals surface area contributed by atoms with Crippen LogP contribution in [0.4, 0.5) is 4.39 Å². The van der Waals surface area contributed by atoms with Crippen molar-refractivity contribution in [2.75, 3.05) is 13.1 Å². The van der Waals surface area contributed by atoms with Crippen LogP contribution in [0.5, 0.6) is 0 Å². The number of rotatable bonds is 6. The molecule has 0 spiro atoms. The summed E-state index contributed by atoms with van der Waals surface area (Å²) in [4.78, 5) is -0.100. The Morgan fingerprint density at radius 2 is 2.11 bits per heavy atom. The number of sulfonamides is 1. The van der Waals surface area contributed by atoms with Crippen molar-refractivity contribution in [3.05, 3.63) is 29.6 Å². The monoisotopic (exact) mass is 283 g/mol. The summed E-state index contributed by atoms with van der Waals surface area (Å²) in [6.45, 7) is 0.814. The second-order valence-electron chi connectivity index (χ2n) is 4.38. The van der Waals surface area contributed by atoms with Crippen LogP contribution < -0.4 is 10.0 Å². The molecule has 19 heavy (non-hydrogen) atoms. The van der Waals surface area contributed by atoms with E-state index in [-0.39, 0.29) is 17.0 Å².